The highest BCUT2D eigenvalue weighted by atomic mass is 15.2. The van der Waals surface area contributed by atoms with Gasteiger partial charge in [0.15, 0.2) is 0 Å². The summed E-state index contributed by atoms with van der Waals surface area (Å²) in [4.78, 5) is 2.74. The molecule has 2 aliphatic rings. The smallest absolute Gasteiger partial charge is 0.0336 e. The number of rotatable bonds is 4. The molecule has 1 aliphatic carbocycles. The molecular weight excluding hydrogens is 208 g/mol. The van der Waals surface area contributed by atoms with Crippen LogP contribution in [0.15, 0.2) is 0 Å². The summed E-state index contributed by atoms with van der Waals surface area (Å²) >= 11 is 0. The fourth-order valence-electron chi connectivity index (χ4n) is 4.13. The van der Waals surface area contributed by atoms with Gasteiger partial charge in [-0.05, 0) is 57.0 Å². The van der Waals surface area contributed by atoms with E-state index in [1.807, 2.05) is 0 Å². The maximum absolute atomic E-state index is 6.06. The summed E-state index contributed by atoms with van der Waals surface area (Å²) < 4.78 is 0. The zero-order valence-corrected chi connectivity index (χ0v) is 11.8. The zero-order chi connectivity index (χ0) is 12.3. The standard InChI is InChI=1S/C15H30N2/c1-3-5-14-6-4-8-17(9-7-14)15(12-16)10-13(2)11-15/h13-14H,3-12,16H2,1-2H3. The maximum atomic E-state index is 6.06. The molecule has 2 rings (SSSR count). The largest absolute Gasteiger partial charge is 0.329 e. The molecule has 1 saturated heterocycles. The number of likely N-dealkylation sites (tertiary alicyclic amines) is 1. The average molecular weight is 238 g/mol. The van der Waals surface area contributed by atoms with Crippen molar-refractivity contribution in [2.24, 2.45) is 17.6 Å². The Labute approximate surface area is 107 Å². The van der Waals surface area contributed by atoms with Crippen molar-refractivity contribution in [2.75, 3.05) is 19.6 Å². The molecule has 1 atom stereocenters. The molecule has 0 aromatic carbocycles. The summed E-state index contributed by atoms with van der Waals surface area (Å²) in [6, 6.07) is 0. The van der Waals surface area contributed by atoms with Gasteiger partial charge in [0.1, 0.15) is 0 Å². The highest BCUT2D eigenvalue weighted by Crippen LogP contribution is 2.42. The molecule has 2 fully saturated rings. The van der Waals surface area contributed by atoms with E-state index >= 15 is 0 Å². The molecule has 100 valence electrons. The molecule has 2 N–H and O–H groups in total. The van der Waals surface area contributed by atoms with Crippen molar-refractivity contribution >= 4 is 0 Å². The first kappa shape index (κ1) is 13.4. The van der Waals surface area contributed by atoms with Crippen LogP contribution in [0.1, 0.15) is 58.8 Å². The lowest BCUT2D eigenvalue weighted by molar-refractivity contribution is -0.0111. The van der Waals surface area contributed by atoms with Crippen molar-refractivity contribution in [1.29, 1.82) is 0 Å². The highest BCUT2D eigenvalue weighted by molar-refractivity contribution is 5.02. The van der Waals surface area contributed by atoms with Crippen LogP contribution in [0.2, 0.25) is 0 Å². The average Bonchev–Trinajstić information content (AvgIpc) is 2.51. The Morgan fingerprint density at radius 3 is 2.59 bits per heavy atom. The summed E-state index contributed by atoms with van der Waals surface area (Å²) in [5.74, 6) is 1.88. The molecule has 1 aliphatic heterocycles. The lowest BCUT2D eigenvalue weighted by Gasteiger charge is -2.53. The normalized spacial score (nSPS) is 39.7. The monoisotopic (exact) mass is 238 g/mol. The molecule has 2 heteroatoms. The Morgan fingerprint density at radius 2 is 2.00 bits per heavy atom. The fraction of sp³-hybridized carbons (Fsp3) is 1.00. The predicted molar refractivity (Wildman–Crippen MR) is 74.0 cm³/mol. The van der Waals surface area contributed by atoms with Gasteiger partial charge in [-0.15, -0.1) is 0 Å². The Morgan fingerprint density at radius 1 is 1.24 bits per heavy atom. The van der Waals surface area contributed by atoms with Crippen LogP contribution in [0.25, 0.3) is 0 Å². The van der Waals surface area contributed by atoms with Crippen LogP contribution in [-0.4, -0.2) is 30.1 Å². The van der Waals surface area contributed by atoms with E-state index in [1.54, 1.807) is 0 Å². The molecule has 0 amide bonds. The summed E-state index contributed by atoms with van der Waals surface area (Å²) in [7, 11) is 0. The number of hydrogen-bond donors (Lipinski definition) is 1. The van der Waals surface area contributed by atoms with E-state index in [0.717, 1.165) is 18.4 Å². The van der Waals surface area contributed by atoms with Gasteiger partial charge in [0.25, 0.3) is 0 Å². The van der Waals surface area contributed by atoms with Crippen LogP contribution in [0.4, 0.5) is 0 Å². The van der Waals surface area contributed by atoms with Crippen LogP contribution >= 0.6 is 0 Å². The van der Waals surface area contributed by atoms with Crippen molar-refractivity contribution in [2.45, 2.75) is 64.3 Å². The first-order valence-corrected chi connectivity index (χ1v) is 7.65. The second-order valence-corrected chi connectivity index (χ2v) is 6.51. The summed E-state index contributed by atoms with van der Waals surface area (Å²) in [6.45, 7) is 8.15. The van der Waals surface area contributed by atoms with Gasteiger partial charge in [-0.25, -0.2) is 0 Å². The molecule has 1 heterocycles. The van der Waals surface area contributed by atoms with E-state index < -0.39 is 0 Å². The molecule has 0 bridgehead atoms. The number of nitrogens with zero attached hydrogens (tertiary/aromatic N) is 1. The van der Waals surface area contributed by atoms with E-state index in [9.17, 15) is 0 Å². The van der Waals surface area contributed by atoms with E-state index in [1.165, 1.54) is 58.0 Å². The van der Waals surface area contributed by atoms with Gasteiger partial charge >= 0.3 is 0 Å². The molecule has 2 nitrogen and oxygen atoms in total. The summed E-state index contributed by atoms with van der Waals surface area (Å²) in [6.07, 6.45) is 9.69. The van der Waals surface area contributed by atoms with Crippen molar-refractivity contribution < 1.29 is 0 Å². The minimum Gasteiger partial charge on any atom is -0.329 e. The Balaban J connectivity index is 1.89. The van der Waals surface area contributed by atoms with Crippen LogP contribution in [0, 0.1) is 11.8 Å². The predicted octanol–water partition coefficient (Wildman–Crippen LogP) is 3.02. The Bertz CT molecular complexity index is 233. The lowest BCUT2D eigenvalue weighted by Crippen LogP contribution is -2.61. The van der Waals surface area contributed by atoms with E-state index in [4.69, 9.17) is 5.73 Å². The van der Waals surface area contributed by atoms with Gasteiger partial charge < -0.3 is 5.73 Å². The van der Waals surface area contributed by atoms with Crippen molar-refractivity contribution in [3.63, 3.8) is 0 Å². The van der Waals surface area contributed by atoms with Gasteiger partial charge in [-0.1, -0.05) is 26.7 Å². The molecule has 1 saturated carbocycles. The van der Waals surface area contributed by atoms with Gasteiger partial charge in [-0.2, -0.15) is 0 Å². The summed E-state index contributed by atoms with van der Waals surface area (Å²) in [5.41, 5.74) is 6.45. The second kappa shape index (κ2) is 5.71. The SMILES string of the molecule is CCCC1CCCN(C2(CN)CC(C)C2)CC1. The number of hydrogen-bond acceptors (Lipinski definition) is 2. The lowest BCUT2D eigenvalue weighted by atomic mass is 9.68. The van der Waals surface area contributed by atoms with E-state index in [-0.39, 0.29) is 0 Å². The third-order valence-corrected chi connectivity index (χ3v) is 5.05. The van der Waals surface area contributed by atoms with Crippen LogP contribution in [0.3, 0.4) is 0 Å². The maximum Gasteiger partial charge on any atom is 0.0336 e. The van der Waals surface area contributed by atoms with Crippen LogP contribution in [-0.2, 0) is 0 Å². The Hall–Kier alpha value is -0.0800. The quantitative estimate of drug-likeness (QED) is 0.816. The number of nitrogens with two attached hydrogens (primary N) is 1. The molecule has 0 spiro atoms. The minimum atomic E-state index is 0.389. The van der Waals surface area contributed by atoms with Crippen molar-refractivity contribution in [1.82, 2.24) is 4.90 Å². The molecule has 0 aromatic rings. The third-order valence-electron chi connectivity index (χ3n) is 5.05. The van der Waals surface area contributed by atoms with E-state index in [0.29, 0.717) is 5.54 Å². The molecular formula is C15H30N2. The van der Waals surface area contributed by atoms with Gasteiger partial charge in [0, 0.05) is 12.1 Å². The first-order chi connectivity index (χ1) is 8.20. The molecule has 0 aromatic heterocycles. The first-order valence-electron chi connectivity index (χ1n) is 7.65. The van der Waals surface area contributed by atoms with Gasteiger partial charge in [0.05, 0.1) is 0 Å². The van der Waals surface area contributed by atoms with Crippen LogP contribution in [0.5, 0.6) is 0 Å². The van der Waals surface area contributed by atoms with E-state index in [2.05, 4.69) is 18.7 Å². The van der Waals surface area contributed by atoms with Gasteiger partial charge in [0.2, 0.25) is 0 Å². The third kappa shape index (κ3) is 2.85. The fourth-order valence-corrected chi connectivity index (χ4v) is 4.13. The Kier molecular flexibility index (Phi) is 4.48. The van der Waals surface area contributed by atoms with Gasteiger partial charge in [-0.3, -0.25) is 4.90 Å². The van der Waals surface area contributed by atoms with Crippen LogP contribution < -0.4 is 5.73 Å². The molecule has 1 unspecified atom stereocenters. The second-order valence-electron chi connectivity index (χ2n) is 6.51. The zero-order valence-electron chi connectivity index (χ0n) is 11.8. The topological polar surface area (TPSA) is 29.3 Å². The highest BCUT2D eigenvalue weighted by Gasteiger charge is 2.45. The summed E-state index contributed by atoms with van der Waals surface area (Å²) in [5, 5.41) is 0. The molecule has 0 radical (unpaired) electrons. The van der Waals surface area contributed by atoms with Crippen molar-refractivity contribution in [3.05, 3.63) is 0 Å². The van der Waals surface area contributed by atoms with Crippen molar-refractivity contribution in [3.8, 4) is 0 Å². The molecule has 17 heavy (non-hydrogen) atoms. The minimum absolute atomic E-state index is 0.389.